The maximum Gasteiger partial charge on any atom is 0.510 e. The quantitative estimate of drug-likeness (QED) is 0.358. The average Bonchev–Trinajstić information content (AvgIpc) is 2.57. The van der Waals surface area contributed by atoms with E-state index in [4.69, 9.17) is 9.26 Å². The molecule has 0 aliphatic heterocycles. The Morgan fingerprint density at radius 2 is 2.04 bits per heavy atom. The van der Waals surface area contributed by atoms with Crippen LogP contribution in [-0.4, -0.2) is 30.2 Å². The number of hydrogen-bond donors (Lipinski definition) is 2. The van der Waals surface area contributed by atoms with E-state index in [2.05, 4.69) is 5.32 Å². The standard InChI is InChI=1S/C17H26NO5P/c1-3-24(21)23-16(19)12-14(2)8-7-11-18-17(20)22-13-15-9-5-4-6-10-15/h4-6,9-10,14,16,19H,3,7-8,11-13H2,1-2H3/p+1. The Balaban J connectivity index is 2.07. The number of carbonyl (C=O) groups excluding carboxylic acids is 1. The normalized spacial score (nSPS) is 13.9. The molecular formula is C17H27NO5P+. The van der Waals surface area contributed by atoms with Crippen LogP contribution in [0.4, 0.5) is 4.79 Å². The second kappa shape index (κ2) is 12.0. The predicted octanol–water partition coefficient (Wildman–Crippen LogP) is 3.82. The van der Waals surface area contributed by atoms with Crippen molar-refractivity contribution in [3.63, 3.8) is 0 Å². The maximum absolute atomic E-state index is 11.6. The first-order valence-corrected chi connectivity index (χ1v) is 9.61. The number of carbonyl (C=O) groups is 1. The van der Waals surface area contributed by atoms with Gasteiger partial charge < -0.3 is 15.2 Å². The monoisotopic (exact) mass is 356 g/mol. The third-order valence-corrected chi connectivity index (χ3v) is 4.45. The molecular weight excluding hydrogens is 329 g/mol. The van der Waals surface area contributed by atoms with Crippen molar-refractivity contribution in [2.75, 3.05) is 12.7 Å². The summed E-state index contributed by atoms with van der Waals surface area (Å²) in [7, 11) is -1.77. The second-order valence-corrected chi connectivity index (χ2v) is 7.19. The van der Waals surface area contributed by atoms with Gasteiger partial charge in [-0.05, 0) is 35.8 Å². The number of alkyl carbamates (subject to hydrolysis) is 1. The summed E-state index contributed by atoms with van der Waals surface area (Å²) in [6.45, 7) is 4.50. The topological polar surface area (TPSA) is 84.9 Å². The molecule has 24 heavy (non-hydrogen) atoms. The van der Waals surface area contributed by atoms with E-state index in [9.17, 15) is 14.5 Å². The van der Waals surface area contributed by atoms with E-state index in [1.54, 1.807) is 6.92 Å². The molecule has 0 aliphatic carbocycles. The first-order chi connectivity index (χ1) is 11.5. The molecule has 0 saturated carbocycles. The smallest absolute Gasteiger partial charge is 0.445 e. The zero-order valence-electron chi connectivity index (χ0n) is 14.3. The minimum absolute atomic E-state index is 0.211. The molecule has 0 aromatic heterocycles. The van der Waals surface area contributed by atoms with Crippen molar-refractivity contribution in [1.82, 2.24) is 5.32 Å². The lowest BCUT2D eigenvalue weighted by Gasteiger charge is -2.13. The van der Waals surface area contributed by atoms with Gasteiger partial charge in [0.05, 0.1) is 0 Å². The van der Waals surface area contributed by atoms with Crippen LogP contribution < -0.4 is 5.32 Å². The van der Waals surface area contributed by atoms with E-state index in [1.165, 1.54) is 0 Å². The van der Waals surface area contributed by atoms with Gasteiger partial charge in [0.2, 0.25) is 6.29 Å². The van der Waals surface area contributed by atoms with Crippen molar-refractivity contribution in [3.8, 4) is 0 Å². The molecule has 1 amide bonds. The van der Waals surface area contributed by atoms with Crippen LogP contribution in [0.1, 0.15) is 38.7 Å². The van der Waals surface area contributed by atoms with E-state index in [1.807, 2.05) is 37.3 Å². The zero-order valence-corrected chi connectivity index (χ0v) is 15.2. The van der Waals surface area contributed by atoms with Gasteiger partial charge >= 0.3 is 14.1 Å². The van der Waals surface area contributed by atoms with Crippen LogP contribution in [0.25, 0.3) is 0 Å². The van der Waals surface area contributed by atoms with Crippen LogP contribution in [0.2, 0.25) is 0 Å². The zero-order chi connectivity index (χ0) is 17.8. The lowest BCUT2D eigenvalue weighted by atomic mass is 10.0. The summed E-state index contributed by atoms with van der Waals surface area (Å²) in [6.07, 6.45) is 0.994. The van der Waals surface area contributed by atoms with Crippen molar-refractivity contribution in [2.24, 2.45) is 5.92 Å². The first-order valence-electron chi connectivity index (χ1n) is 8.25. The third-order valence-electron chi connectivity index (χ3n) is 3.46. The van der Waals surface area contributed by atoms with E-state index < -0.39 is 20.4 Å². The molecule has 0 saturated heterocycles. The number of aliphatic hydroxyl groups excluding tert-OH is 1. The Kier molecular flexibility index (Phi) is 10.2. The summed E-state index contributed by atoms with van der Waals surface area (Å²) >= 11 is 0. The molecule has 0 fully saturated rings. The molecule has 0 spiro atoms. The van der Waals surface area contributed by atoms with Crippen molar-refractivity contribution >= 4 is 14.1 Å². The summed E-state index contributed by atoms with van der Waals surface area (Å²) in [5.41, 5.74) is 0.945. The fourth-order valence-corrected chi connectivity index (χ4v) is 2.64. The minimum atomic E-state index is -1.77. The Morgan fingerprint density at radius 1 is 1.33 bits per heavy atom. The molecule has 1 aromatic rings. The van der Waals surface area contributed by atoms with Crippen LogP contribution in [0, 0.1) is 5.92 Å². The Bertz CT molecular complexity index is 497. The fraction of sp³-hybridized carbons (Fsp3) is 0.588. The Labute approximate surface area is 144 Å². The van der Waals surface area contributed by atoms with E-state index in [-0.39, 0.29) is 12.5 Å². The summed E-state index contributed by atoms with van der Waals surface area (Å²) in [6, 6.07) is 9.50. The van der Waals surface area contributed by atoms with E-state index in [0.717, 1.165) is 18.4 Å². The lowest BCUT2D eigenvalue weighted by Crippen LogP contribution is -2.25. The second-order valence-electron chi connectivity index (χ2n) is 5.68. The van der Waals surface area contributed by atoms with Crippen molar-refractivity contribution < 1.29 is 23.7 Å². The van der Waals surface area contributed by atoms with Crippen molar-refractivity contribution in [2.45, 2.75) is 46.0 Å². The number of benzene rings is 1. The van der Waals surface area contributed by atoms with Gasteiger partial charge in [0.1, 0.15) is 6.61 Å². The number of ether oxygens (including phenoxy) is 1. The largest absolute Gasteiger partial charge is 0.510 e. The molecule has 0 heterocycles. The van der Waals surface area contributed by atoms with Crippen LogP contribution in [-0.2, 0) is 20.4 Å². The number of rotatable bonds is 11. The molecule has 3 unspecified atom stereocenters. The highest BCUT2D eigenvalue weighted by Gasteiger charge is 2.22. The van der Waals surface area contributed by atoms with Gasteiger partial charge in [-0.3, -0.25) is 0 Å². The number of amides is 1. The van der Waals surface area contributed by atoms with Gasteiger partial charge in [-0.15, -0.1) is 4.52 Å². The van der Waals surface area contributed by atoms with Gasteiger partial charge in [-0.2, -0.15) is 0 Å². The predicted molar refractivity (Wildman–Crippen MR) is 92.9 cm³/mol. The van der Waals surface area contributed by atoms with Crippen LogP contribution in [0.5, 0.6) is 0 Å². The maximum atomic E-state index is 11.6. The summed E-state index contributed by atoms with van der Waals surface area (Å²) in [5, 5.41) is 12.3. The molecule has 3 atom stereocenters. The van der Waals surface area contributed by atoms with Crippen LogP contribution in [0.3, 0.4) is 0 Å². The molecule has 1 rings (SSSR count). The van der Waals surface area contributed by atoms with E-state index in [0.29, 0.717) is 19.1 Å². The first kappa shape index (κ1) is 20.6. The summed E-state index contributed by atoms with van der Waals surface area (Å²) < 4.78 is 21.3. The Hall–Kier alpha value is -1.49. The van der Waals surface area contributed by atoms with Crippen molar-refractivity contribution in [3.05, 3.63) is 35.9 Å². The Morgan fingerprint density at radius 3 is 2.71 bits per heavy atom. The highest BCUT2D eigenvalue weighted by atomic mass is 31.1. The number of hydrogen-bond acceptors (Lipinski definition) is 5. The lowest BCUT2D eigenvalue weighted by molar-refractivity contribution is -0.0277. The van der Waals surface area contributed by atoms with Gasteiger partial charge in [0, 0.05) is 13.0 Å². The highest BCUT2D eigenvalue weighted by Crippen LogP contribution is 2.25. The van der Waals surface area contributed by atoms with Gasteiger partial charge in [-0.25, -0.2) is 4.79 Å². The molecule has 0 radical (unpaired) electrons. The SMILES string of the molecule is CC[P+](=O)OC(O)CC(C)CCCNC(=O)OCc1ccccc1. The summed E-state index contributed by atoms with van der Waals surface area (Å²) in [5.74, 6) is 0.211. The van der Waals surface area contributed by atoms with Gasteiger partial charge in [0.25, 0.3) is 0 Å². The third kappa shape index (κ3) is 9.60. The van der Waals surface area contributed by atoms with Gasteiger partial charge in [0.15, 0.2) is 6.16 Å². The molecule has 134 valence electrons. The molecule has 0 aliphatic rings. The molecule has 1 aromatic carbocycles. The molecule has 7 heteroatoms. The molecule has 2 N–H and O–H groups in total. The van der Waals surface area contributed by atoms with E-state index >= 15 is 0 Å². The molecule has 6 nitrogen and oxygen atoms in total. The average molecular weight is 356 g/mol. The fourth-order valence-electron chi connectivity index (χ4n) is 2.13. The van der Waals surface area contributed by atoms with Crippen LogP contribution in [0.15, 0.2) is 30.3 Å². The van der Waals surface area contributed by atoms with Crippen molar-refractivity contribution in [1.29, 1.82) is 0 Å². The molecule has 0 bridgehead atoms. The minimum Gasteiger partial charge on any atom is -0.445 e. The summed E-state index contributed by atoms with van der Waals surface area (Å²) in [4.78, 5) is 11.6. The number of nitrogens with one attached hydrogen (secondary N) is 1. The van der Waals surface area contributed by atoms with Crippen LogP contribution >= 0.6 is 8.03 Å². The number of aliphatic hydroxyl groups is 1. The van der Waals surface area contributed by atoms with Gasteiger partial charge in [-0.1, -0.05) is 37.3 Å². The highest BCUT2D eigenvalue weighted by molar-refractivity contribution is 7.39.